The Kier molecular flexibility index (Phi) is 8.74. The molecule has 1 aliphatic carbocycles. The number of piperidine rings is 3. The molecule has 15 heteroatoms. The van der Waals surface area contributed by atoms with Gasteiger partial charge in [-0.3, -0.25) is 34.3 Å². The third-order valence-electron chi connectivity index (χ3n) is 13.9. The van der Waals surface area contributed by atoms with Crippen molar-refractivity contribution in [1.29, 1.82) is 0 Å². The summed E-state index contributed by atoms with van der Waals surface area (Å²) in [6.45, 7) is 10.9. The van der Waals surface area contributed by atoms with E-state index >= 15 is 4.39 Å². The summed E-state index contributed by atoms with van der Waals surface area (Å²) in [7, 11) is 0. The fraction of sp³-hybridized carbons (Fsp3) is 0.524. The number of piperazine rings is 1. The van der Waals surface area contributed by atoms with Gasteiger partial charge in [0.25, 0.3) is 11.8 Å². The van der Waals surface area contributed by atoms with Crippen molar-refractivity contribution in [3.05, 3.63) is 59.4 Å². The van der Waals surface area contributed by atoms with Gasteiger partial charge in [-0.2, -0.15) is 0 Å². The zero-order chi connectivity index (χ0) is 39.2. The maximum Gasteiger partial charge on any atom is 0.262 e. The van der Waals surface area contributed by atoms with Crippen LogP contribution < -0.4 is 20.4 Å². The van der Waals surface area contributed by atoms with Crippen LogP contribution in [0.2, 0.25) is 0 Å². The predicted octanol–water partition coefficient (Wildman–Crippen LogP) is 3.32. The lowest BCUT2D eigenvalue weighted by Crippen LogP contribution is -2.60. The second-order valence-corrected chi connectivity index (χ2v) is 17.4. The maximum atomic E-state index is 15.5. The molecular weight excluding hydrogens is 730 g/mol. The zero-order valence-corrected chi connectivity index (χ0v) is 32.1. The van der Waals surface area contributed by atoms with Gasteiger partial charge in [-0.1, -0.05) is 19.1 Å². The van der Waals surface area contributed by atoms with E-state index < -0.39 is 35.5 Å². The van der Waals surface area contributed by atoms with Gasteiger partial charge < -0.3 is 25.1 Å². The highest BCUT2D eigenvalue weighted by Gasteiger charge is 2.63. The Bertz CT molecular complexity index is 2180. The van der Waals surface area contributed by atoms with Crippen molar-refractivity contribution >= 4 is 40.8 Å². The van der Waals surface area contributed by atoms with Crippen molar-refractivity contribution in [1.82, 2.24) is 30.2 Å². The summed E-state index contributed by atoms with van der Waals surface area (Å²) in [5.74, 6) is -0.254. The van der Waals surface area contributed by atoms with Crippen LogP contribution in [0.5, 0.6) is 5.75 Å². The molecular formula is C42H48FN9O5. The van der Waals surface area contributed by atoms with Crippen LogP contribution in [0.3, 0.4) is 0 Å². The van der Waals surface area contributed by atoms with E-state index in [0.717, 1.165) is 87.5 Å². The Hall–Kier alpha value is -5.15. The van der Waals surface area contributed by atoms with Gasteiger partial charge in [-0.25, -0.2) is 4.39 Å². The average Bonchev–Trinajstić information content (AvgIpc) is 3.84. The fourth-order valence-corrected chi connectivity index (χ4v) is 10.7. The van der Waals surface area contributed by atoms with E-state index in [2.05, 4.69) is 48.5 Å². The lowest BCUT2D eigenvalue weighted by molar-refractivity contribution is -0.136. The highest BCUT2D eigenvalue weighted by atomic mass is 19.1. The number of anilines is 3. The molecule has 4 saturated heterocycles. The van der Waals surface area contributed by atoms with Gasteiger partial charge in [0.05, 0.1) is 39.8 Å². The molecule has 57 heavy (non-hydrogen) atoms. The van der Waals surface area contributed by atoms with E-state index in [1.165, 1.54) is 12.5 Å². The summed E-state index contributed by atoms with van der Waals surface area (Å²) < 4.78 is 15.5. The number of hydrogen-bond acceptors (Lipinski definition) is 12. The minimum atomic E-state index is -1.08. The number of imide groups is 2. The SMILES string of the molecule is CC1CN(CC2CCN(c3cc4c(cc3F)C(=O)N(C3CCC(=O)NC3=O)C4=O)CC2)CCC1CN1CCN2c3cc(-c4ccccc4O)nnc3NC3CC32C1. The molecule has 1 saturated carbocycles. The topological polar surface area (TPSA) is 155 Å². The van der Waals surface area contributed by atoms with Crippen molar-refractivity contribution in [3.8, 4) is 17.0 Å². The smallest absolute Gasteiger partial charge is 0.262 e. The van der Waals surface area contributed by atoms with Crippen LogP contribution in [0.15, 0.2) is 42.5 Å². The third-order valence-corrected chi connectivity index (χ3v) is 13.9. The van der Waals surface area contributed by atoms with E-state index in [1.54, 1.807) is 6.07 Å². The van der Waals surface area contributed by atoms with Crippen molar-refractivity contribution in [2.45, 2.75) is 63.1 Å². The zero-order valence-electron chi connectivity index (χ0n) is 32.1. The number of hydrogen-bond donors (Lipinski definition) is 3. The van der Waals surface area contributed by atoms with Crippen molar-refractivity contribution in [2.24, 2.45) is 17.8 Å². The molecule has 0 bridgehead atoms. The number of carbonyl (C=O) groups is 4. The van der Waals surface area contributed by atoms with Crippen molar-refractivity contribution in [3.63, 3.8) is 0 Å². The Morgan fingerprint density at radius 2 is 1.65 bits per heavy atom. The maximum absolute atomic E-state index is 15.5. The molecule has 298 valence electrons. The number of benzene rings is 2. The number of nitrogens with zero attached hydrogens (tertiary/aromatic N) is 7. The first-order valence-electron chi connectivity index (χ1n) is 20.5. The molecule has 4 amide bonds. The molecule has 5 fully saturated rings. The molecule has 3 aromatic rings. The summed E-state index contributed by atoms with van der Waals surface area (Å²) >= 11 is 0. The standard InChI is InChI=1S/C42H48FN9O5/c1-24-20-48(21-25-8-12-50(13-9-25)33-17-29-28(16-30(33)43)40(56)52(41(29)57)32-6-7-37(54)45-39(32)55)11-10-26(24)22-49-14-15-51-34-18-31(27-4-2-3-5-35(27)53)46-47-38(34)44-36-19-42(36,51)23-49/h2-5,16-18,24-26,32,36,53H,6-15,19-23H2,1H3,(H,44,47)(H,45,54,55). The fourth-order valence-electron chi connectivity index (χ4n) is 10.7. The summed E-state index contributed by atoms with van der Waals surface area (Å²) in [6.07, 6.45) is 4.15. The number of rotatable bonds is 7. The number of phenols is 1. The average molecular weight is 778 g/mol. The number of aromatic hydroxyl groups is 1. The lowest BCUT2D eigenvalue weighted by Gasteiger charge is -2.48. The van der Waals surface area contributed by atoms with Crippen LogP contribution in [0.1, 0.15) is 66.2 Å². The van der Waals surface area contributed by atoms with E-state index in [9.17, 15) is 24.3 Å². The highest BCUT2D eigenvalue weighted by molar-refractivity contribution is 6.23. The summed E-state index contributed by atoms with van der Waals surface area (Å²) in [4.78, 5) is 61.3. The number of carbonyl (C=O) groups excluding carboxylic acids is 4. The Morgan fingerprint density at radius 1 is 0.860 bits per heavy atom. The number of aromatic nitrogens is 2. The first-order valence-corrected chi connectivity index (χ1v) is 20.5. The molecule has 0 radical (unpaired) electrons. The third kappa shape index (κ3) is 6.20. The van der Waals surface area contributed by atoms with Crippen molar-refractivity contribution < 1.29 is 28.7 Å². The van der Waals surface area contributed by atoms with E-state index in [-0.39, 0.29) is 35.3 Å². The van der Waals surface area contributed by atoms with Crippen LogP contribution in [-0.4, -0.2) is 130 Å². The molecule has 14 nitrogen and oxygen atoms in total. The van der Waals surface area contributed by atoms with Gasteiger partial charge in [0.1, 0.15) is 17.6 Å². The monoisotopic (exact) mass is 777 g/mol. The van der Waals surface area contributed by atoms with E-state index in [1.807, 2.05) is 23.1 Å². The summed E-state index contributed by atoms with van der Waals surface area (Å²) in [5.41, 5.74) is 2.89. The van der Waals surface area contributed by atoms with Crippen LogP contribution >= 0.6 is 0 Å². The largest absolute Gasteiger partial charge is 0.507 e. The molecule has 7 aliphatic rings. The normalized spacial score (nSPS) is 29.1. The Labute approximate surface area is 330 Å². The number of fused-ring (bicyclic) bond motifs is 3. The van der Waals surface area contributed by atoms with Gasteiger partial charge in [0.2, 0.25) is 11.8 Å². The molecule has 7 heterocycles. The van der Waals surface area contributed by atoms with E-state index in [4.69, 9.17) is 0 Å². The van der Waals surface area contributed by atoms with Crippen LogP contribution in [0.4, 0.5) is 21.6 Å². The Morgan fingerprint density at radius 3 is 2.42 bits per heavy atom. The number of para-hydroxylation sites is 1. The molecule has 1 aromatic heterocycles. The second kappa shape index (κ2) is 13.8. The van der Waals surface area contributed by atoms with E-state index in [0.29, 0.717) is 53.8 Å². The molecule has 5 atom stereocenters. The number of amides is 4. The molecule has 10 rings (SSSR count). The molecule has 2 aromatic carbocycles. The number of phenolic OH excluding ortho intramolecular Hbond substituents is 1. The van der Waals surface area contributed by atoms with Crippen LogP contribution in [-0.2, 0) is 9.59 Å². The van der Waals surface area contributed by atoms with Crippen LogP contribution in [0.25, 0.3) is 11.3 Å². The van der Waals surface area contributed by atoms with Crippen LogP contribution in [0, 0.1) is 23.6 Å². The second-order valence-electron chi connectivity index (χ2n) is 17.4. The minimum Gasteiger partial charge on any atom is -0.507 e. The number of nitrogens with one attached hydrogen (secondary N) is 2. The molecule has 5 unspecified atom stereocenters. The Balaban J connectivity index is 0.718. The minimum absolute atomic E-state index is 0.0324. The van der Waals surface area contributed by atoms with Gasteiger partial charge in [0, 0.05) is 64.3 Å². The molecule has 3 N–H and O–H groups in total. The lowest BCUT2D eigenvalue weighted by atomic mass is 9.85. The summed E-state index contributed by atoms with van der Waals surface area (Å²) in [5, 5.41) is 25.3. The quantitative estimate of drug-likeness (QED) is 0.302. The van der Waals surface area contributed by atoms with Gasteiger partial charge in [-0.05, 0) is 86.7 Å². The molecule has 6 aliphatic heterocycles. The predicted molar refractivity (Wildman–Crippen MR) is 209 cm³/mol. The van der Waals surface area contributed by atoms with Gasteiger partial charge in [0.15, 0.2) is 5.82 Å². The first-order chi connectivity index (χ1) is 27.6. The number of halogens is 1. The van der Waals surface area contributed by atoms with Gasteiger partial charge >= 0.3 is 0 Å². The van der Waals surface area contributed by atoms with Gasteiger partial charge in [-0.15, -0.1) is 10.2 Å². The number of likely N-dealkylation sites (tertiary alicyclic amines) is 1. The summed E-state index contributed by atoms with van der Waals surface area (Å²) in [6, 6.07) is 11.2. The first kappa shape index (κ1) is 36.2. The molecule has 1 spiro atoms. The highest BCUT2D eigenvalue weighted by Crippen LogP contribution is 2.54. The van der Waals surface area contributed by atoms with Crippen molar-refractivity contribution in [2.75, 3.05) is 74.0 Å².